The van der Waals surface area contributed by atoms with Crippen LogP contribution in [0.2, 0.25) is 1.41 Å². The van der Waals surface area contributed by atoms with Gasteiger partial charge in [0.2, 0.25) is 0 Å². The number of carboxylic acids is 1. The van der Waals surface area contributed by atoms with E-state index in [1.165, 1.54) is 0 Å². The van der Waals surface area contributed by atoms with Crippen LogP contribution in [0.25, 0.3) is 0 Å². The van der Waals surface area contributed by atoms with Crippen LogP contribution in [-0.4, -0.2) is 23.7 Å². The molecule has 3 heteroatoms. The summed E-state index contributed by atoms with van der Waals surface area (Å²) in [4.78, 5) is 10.3. The van der Waals surface area contributed by atoms with Gasteiger partial charge in [-0.15, -0.1) is 0 Å². The average molecular weight is 116 g/mol. The summed E-state index contributed by atoms with van der Waals surface area (Å²) in [7, 11) is 0. The summed E-state index contributed by atoms with van der Waals surface area (Å²) in [6, 6.07) is -0.551. The Balaban J connectivity index is 2.49. The first-order valence-electron chi connectivity index (χ1n) is 3.15. The van der Waals surface area contributed by atoms with Crippen LogP contribution in [0.3, 0.4) is 0 Å². The summed E-state index contributed by atoms with van der Waals surface area (Å²) in [6.45, 7) is 0.594. The third kappa shape index (κ3) is 0.980. The molecular weight excluding hydrogens is 106 g/mol. The molecule has 0 aromatic rings. The summed E-state index contributed by atoms with van der Waals surface area (Å²) in [5, 5.41) is 9.55. The number of carbonyl (C=O) groups is 1. The van der Waals surface area contributed by atoms with E-state index < -0.39 is 12.0 Å². The quantitative estimate of drug-likeness (QED) is 0.499. The second-order valence-electron chi connectivity index (χ2n) is 1.90. The molecule has 1 aliphatic rings. The zero-order chi connectivity index (χ0) is 6.85. The monoisotopic (exact) mass is 116 g/mol. The summed E-state index contributed by atoms with van der Waals surface area (Å²) in [5.41, 5.74) is 0. The maximum Gasteiger partial charge on any atom is 0.320 e. The molecule has 2 N–H and O–H groups in total. The molecule has 46 valence electrons. The number of aliphatic carboxylic acids is 1. The van der Waals surface area contributed by atoms with Crippen LogP contribution in [0.4, 0.5) is 0 Å². The summed E-state index contributed by atoms with van der Waals surface area (Å²) >= 11 is 0. The molecule has 3 nitrogen and oxygen atoms in total. The molecular formula is C5H9NO2. The fraction of sp³-hybridized carbons (Fsp3) is 0.800. The van der Waals surface area contributed by atoms with E-state index in [0.29, 0.717) is 13.0 Å². The summed E-state index contributed by atoms with van der Waals surface area (Å²) in [5.74, 6) is -0.873. The molecule has 0 aromatic carbocycles. The predicted octanol–water partition coefficient (Wildman–Crippen LogP) is -0.177. The molecule has 1 rings (SSSR count). The Kier molecular flexibility index (Phi) is 1.15. The van der Waals surface area contributed by atoms with E-state index in [-0.39, 0.29) is 0 Å². The minimum atomic E-state index is -0.873. The van der Waals surface area contributed by atoms with Crippen molar-refractivity contribution in [2.75, 3.05) is 6.54 Å². The van der Waals surface area contributed by atoms with E-state index in [4.69, 9.17) is 6.52 Å². The Bertz CT molecular complexity index is 128. The molecule has 0 amide bonds. The largest absolute Gasteiger partial charge is 0.480 e. The maximum atomic E-state index is 10.3. The molecule has 0 aliphatic carbocycles. The van der Waals surface area contributed by atoms with Gasteiger partial charge in [0.25, 0.3) is 0 Å². The molecule has 0 aromatic heterocycles. The lowest BCUT2D eigenvalue weighted by Gasteiger charge is -1.99. The SMILES string of the molecule is [2H]N1CCCC1C(=O)O. The van der Waals surface area contributed by atoms with Gasteiger partial charge in [-0.2, -0.15) is 0 Å². The van der Waals surface area contributed by atoms with Crippen molar-refractivity contribution in [2.45, 2.75) is 18.9 Å². The van der Waals surface area contributed by atoms with Gasteiger partial charge in [-0.3, -0.25) is 4.79 Å². The van der Waals surface area contributed by atoms with E-state index in [0.717, 1.165) is 11.7 Å². The predicted molar refractivity (Wildman–Crippen MR) is 28.7 cm³/mol. The fourth-order valence-electron chi connectivity index (χ4n) is 0.825. The number of carboxylic acid groups (broad SMARTS) is 1. The van der Waals surface area contributed by atoms with Gasteiger partial charge in [-0.1, -0.05) is 0 Å². The Labute approximate surface area is 49.2 Å². The molecule has 1 unspecified atom stereocenters. The van der Waals surface area contributed by atoms with Gasteiger partial charge in [-0.25, -0.2) is 0 Å². The van der Waals surface area contributed by atoms with Crippen molar-refractivity contribution in [1.29, 1.82) is 0 Å². The highest BCUT2D eigenvalue weighted by molar-refractivity contribution is 5.73. The smallest absolute Gasteiger partial charge is 0.320 e. The molecule has 1 fully saturated rings. The second-order valence-corrected chi connectivity index (χ2v) is 1.90. The highest BCUT2D eigenvalue weighted by Crippen LogP contribution is 2.03. The van der Waals surface area contributed by atoms with E-state index >= 15 is 0 Å². The van der Waals surface area contributed by atoms with Gasteiger partial charge in [0.05, 0.1) is 0 Å². The first kappa shape index (κ1) is 4.32. The average Bonchev–Trinajstić information content (AvgIpc) is 2.13. The zero-order valence-corrected chi connectivity index (χ0v) is 4.50. The number of hydrogen-bond acceptors (Lipinski definition) is 2. The Morgan fingerprint density at radius 1 is 2.00 bits per heavy atom. The summed E-state index contributed by atoms with van der Waals surface area (Å²) in [6.07, 6.45) is 1.46. The van der Waals surface area contributed by atoms with Crippen LogP contribution in [-0.2, 0) is 4.79 Å². The fourth-order valence-corrected chi connectivity index (χ4v) is 0.825. The Morgan fingerprint density at radius 2 is 2.75 bits per heavy atom. The standard InChI is InChI=1S/C5H9NO2/c7-5(8)4-2-1-3-6-4/h4,6H,1-3H2,(H,7,8)/i/hD. The van der Waals surface area contributed by atoms with Crippen molar-refractivity contribution < 1.29 is 11.3 Å². The zero-order valence-electron chi connectivity index (χ0n) is 5.50. The lowest BCUT2D eigenvalue weighted by Crippen LogP contribution is -2.29. The van der Waals surface area contributed by atoms with Gasteiger partial charge < -0.3 is 10.4 Å². The van der Waals surface area contributed by atoms with Gasteiger partial charge in [0.1, 0.15) is 7.45 Å². The van der Waals surface area contributed by atoms with Crippen molar-refractivity contribution in [3.05, 3.63) is 0 Å². The molecule has 0 saturated carbocycles. The van der Waals surface area contributed by atoms with Gasteiger partial charge in [0, 0.05) is 0 Å². The summed E-state index contributed by atoms with van der Waals surface area (Å²) < 4.78 is 7.07. The van der Waals surface area contributed by atoms with Crippen molar-refractivity contribution in [3.8, 4) is 0 Å². The Morgan fingerprint density at radius 3 is 3.00 bits per heavy atom. The van der Waals surface area contributed by atoms with Crippen molar-refractivity contribution >= 4 is 5.97 Å². The van der Waals surface area contributed by atoms with Crippen molar-refractivity contribution in [2.24, 2.45) is 0 Å². The third-order valence-electron chi connectivity index (χ3n) is 1.27. The van der Waals surface area contributed by atoms with Crippen molar-refractivity contribution in [3.63, 3.8) is 0 Å². The molecule has 0 spiro atoms. The van der Waals surface area contributed by atoms with Crippen LogP contribution < -0.4 is 5.31 Å². The van der Waals surface area contributed by atoms with E-state index in [2.05, 4.69) is 0 Å². The lowest BCUT2D eigenvalue weighted by molar-refractivity contribution is -0.139. The maximum absolute atomic E-state index is 10.3. The van der Waals surface area contributed by atoms with Gasteiger partial charge >= 0.3 is 5.97 Å². The first-order chi connectivity index (χ1) is 4.22. The number of hydrogen-bond donors (Lipinski definition) is 2. The number of rotatable bonds is 1. The van der Waals surface area contributed by atoms with E-state index in [9.17, 15) is 4.79 Å². The minimum absolute atomic E-state index is 0.551. The van der Waals surface area contributed by atoms with Gasteiger partial charge in [0.15, 0.2) is 0 Å². The van der Waals surface area contributed by atoms with Crippen LogP contribution in [0, 0.1) is 0 Å². The first-order valence-corrected chi connectivity index (χ1v) is 2.70. The number of nitrogens with one attached hydrogen (secondary N) is 1. The molecule has 0 bridgehead atoms. The third-order valence-corrected chi connectivity index (χ3v) is 1.27. The van der Waals surface area contributed by atoms with Crippen LogP contribution >= 0.6 is 0 Å². The highest BCUT2D eigenvalue weighted by Gasteiger charge is 2.20. The van der Waals surface area contributed by atoms with E-state index in [1.807, 2.05) is 0 Å². The lowest BCUT2D eigenvalue weighted by atomic mass is 10.2. The van der Waals surface area contributed by atoms with Crippen molar-refractivity contribution in [1.82, 2.24) is 5.31 Å². The second kappa shape index (κ2) is 2.13. The Hall–Kier alpha value is -0.570. The van der Waals surface area contributed by atoms with Crippen LogP contribution in [0.15, 0.2) is 0 Å². The van der Waals surface area contributed by atoms with Gasteiger partial charge in [-0.05, 0) is 19.4 Å². The molecule has 1 saturated heterocycles. The molecule has 1 aliphatic heterocycles. The van der Waals surface area contributed by atoms with E-state index in [1.54, 1.807) is 0 Å². The minimum Gasteiger partial charge on any atom is -0.480 e. The van der Waals surface area contributed by atoms with Crippen LogP contribution in [0.5, 0.6) is 0 Å². The highest BCUT2D eigenvalue weighted by atomic mass is 16.4. The molecule has 1 heterocycles. The molecule has 8 heavy (non-hydrogen) atoms. The molecule has 0 radical (unpaired) electrons. The normalized spacial score (nSPS) is 32.5. The molecule has 1 atom stereocenters. The topological polar surface area (TPSA) is 49.3 Å². The van der Waals surface area contributed by atoms with Crippen LogP contribution in [0.1, 0.15) is 12.8 Å².